The van der Waals surface area contributed by atoms with Crippen LogP contribution in [0.4, 0.5) is 0 Å². The van der Waals surface area contributed by atoms with Crippen molar-refractivity contribution in [3.63, 3.8) is 0 Å². The van der Waals surface area contributed by atoms with Crippen LogP contribution in [-0.4, -0.2) is 55.6 Å². The van der Waals surface area contributed by atoms with Crippen LogP contribution in [0.2, 0.25) is 5.02 Å². The molecule has 2 fully saturated rings. The van der Waals surface area contributed by atoms with Crippen LogP contribution < -0.4 is 0 Å². The molecule has 1 aromatic carbocycles. The van der Waals surface area contributed by atoms with Crippen molar-refractivity contribution in [2.75, 3.05) is 39.5 Å². The van der Waals surface area contributed by atoms with E-state index in [-0.39, 0.29) is 6.10 Å². The van der Waals surface area contributed by atoms with Gasteiger partial charge in [-0.3, -0.25) is 0 Å². The molecular weight excluding hydrogens is 314 g/mol. The molecule has 0 saturated carbocycles. The van der Waals surface area contributed by atoms with E-state index in [1.165, 1.54) is 6.42 Å². The van der Waals surface area contributed by atoms with Gasteiger partial charge < -0.3 is 19.5 Å². The third-order valence-corrected chi connectivity index (χ3v) is 5.30. The van der Waals surface area contributed by atoms with Crippen molar-refractivity contribution in [2.45, 2.75) is 32.0 Å². The summed E-state index contributed by atoms with van der Waals surface area (Å²) in [5, 5.41) is 11.0. The summed E-state index contributed by atoms with van der Waals surface area (Å²) in [6, 6.07) is 7.65. The Kier molecular flexibility index (Phi) is 5.60. The molecule has 2 heterocycles. The van der Waals surface area contributed by atoms with Crippen molar-refractivity contribution < 1.29 is 14.6 Å². The quantitative estimate of drug-likeness (QED) is 0.865. The first-order valence-electron chi connectivity index (χ1n) is 8.42. The van der Waals surface area contributed by atoms with Gasteiger partial charge in [0.2, 0.25) is 0 Å². The van der Waals surface area contributed by atoms with Crippen molar-refractivity contribution in [2.24, 2.45) is 5.41 Å². The zero-order chi connectivity index (χ0) is 16.3. The van der Waals surface area contributed by atoms with E-state index >= 15 is 0 Å². The first-order chi connectivity index (χ1) is 11.1. The first kappa shape index (κ1) is 17.2. The van der Waals surface area contributed by atoms with Gasteiger partial charge >= 0.3 is 0 Å². The minimum absolute atomic E-state index is 0.0462. The summed E-state index contributed by atoms with van der Waals surface area (Å²) in [7, 11) is 0. The Morgan fingerprint density at radius 1 is 1.35 bits per heavy atom. The number of hydrogen-bond donors (Lipinski definition) is 1. The van der Waals surface area contributed by atoms with Crippen LogP contribution in [0.5, 0.6) is 0 Å². The number of ether oxygens (including phenoxy) is 2. The smallest absolute Gasteiger partial charge is 0.0900 e. The topological polar surface area (TPSA) is 41.9 Å². The van der Waals surface area contributed by atoms with E-state index in [1.807, 2.05) is 31.2 Å². The number of rotatable bonds is 6. The lowest BCUT2D eigenvalue weighted by molar-refractivity contribution is -0.0144. The maximum Gasteiger partial charge on any atom is 0.0900 e. The summed E-state index contributed by atoms with van der Waals surface area (Å²) in [5.41, 5.74) is 1.42. The van der Waals surface area contributed by atoms with Crippen molar-refractivity contribution >= 4 is 11.6 Å². The molecule has 128 valence electrons. The maximum atomic E-state index is 10.3. The lowest BCUT2D eigenvalue weighted by Gasteiger charge is -2.24. The van der Waals surface area contributed by atoms with Gasteiger partial charge in [0, 0.05) is 30.1 Å². The predicted molar refractivity (Wildman–Crippen MR) is 90.8 cm³/mol. The summed E-state index contributed by atoms with van der Waals surface area (Å²) < 4.78 is 11.4. The standard InChI is InChI=1S/C18H26ClNO3/c1-14(15-2-4-16(19)5-3-15)23-11-17(21)10-20-8-6-18(12-20)7-9-22-13-18/h2-5,14,17,21H,6-13H2,1H3. The monoisotopic (exact) mass is 339 g/mol. The average Bonchev–Trinajstić information content (AvgIpc) is 3.16. The fourth-order valence-electron chi connectivity index (χ4n) is 3.59. The Labute approximate surface area is 143 Å². The Morgan fingerprint density at radius 3 is 2.83 bits per heavy atom. The highest BCUT2D eigenvalue weighted by atomic mass is 35.5. The van der Waals surface area contributed by atoms with Crippen LogP contribution in [0.25, 0.3) is 0 Å². The molecule has 3 unspecified atom stereocenters. The summed E-state index contributed by atoms with van der Waals surface area (Å²) in [4.78, 5) is 2.34. The fraction of sp³-hybridized carbons (Fsp3) is 0.667. The number of benzene rings is 1. The van der Waals surface area contributed by atoms with Crippen LogP contribution in [0.15, 0.2) is 24.3 Å². The second-order valence-electron chi connectivity index (χ2n) is 6.97. The second kappa shape index (κ2) is 7.49. The van der Waals surface area contributed by atoms with Gasteiger partial charge in [-0.2, -0.15) is 0 Å². The molecule has 2 aliphatic rings. The Morgan fingerprint density at radius 2 is 2.13 bits per heavy atom. The van der Waals surface area contributed by atoms with E-state index in [0.717, 1.165) is 43.3 Å². The zero-order valence-electron chi connectivity index (χ0n) is 13.7. The molecule has 2 saturated heterocycles. The van der Waals surface area contributed by atoms with Gasteiger partial charge in [-0.25, -0.2) is 0 Å². The molecule has 3 atom stereocenters. The molecule has 23 heavy (non-hydrogen) atoms. The van der Waals surface area contributed by atoms with Crippen LogP contribution in [0, 0.1) is 5.41 Å². The molecule has 0 aliphatic carbocycles. The molecule has 0 aromatic heterocycles. The molecule has 1 N–H and O–H groups in total. The van der Waals surface area contributed by atoms with Gasteiger partial charge in [0.15, 0.2) is 0 Å². The van der Waals surface area contributed by atoms with Crippen LogP contribution in [0.3, 0.4) is 0 Å². The van der Waals surface area contributed by atoms with Gasteiger partial charge in [-0.05, 0) is 44.0 Å². The molecule has 5 heteroatoms. The molecule has 0 amide bonds. The SMILES string of the molecule is CC(OCC(O)CN1CCC2(CCOC2)C1)c1ccc(Cl)cc1. The molecule has 0 bridgehead atoms. The van der Waals surface area contributed by atoms with Crippen LogP contribution in [0.1, 0.15) is 31.4 Å². The van der Waals surface area contributed by atoms with E-state index in [2.05, 4.69) is 4.90 Å². The fourth-order valence-corrected chi connectivity index (χ4v) is 3.72. The number of likely N-dealkylation sites (tertiary alicyclic amines) is 1. The van der Waals surface area contributed by atoms with E-state index in [9.17, 15) is 5.11 Å². The van der Waals surface area contributed by atoms with Crippen LogP contribution >= 0.6 is 11.6 Å². The summed E-state index contributed by atoms with van der Waals surface area (Å²) in [6.07, 6.45) is 1.84. The van der Waals surface area contributed by atoms with Crippen molar-refractivity contribution in [3.8, 4) is 0 Å². The Balaban J connectivity index is 1.41. The first-order valence-corrected chi connectivity index (χ1v) is 8.79. The van der Waals surface area contributed by atoms with Gasteiger partial charge in [0.25, 0.3) is 0 Å². The number of halogens is 1. The van der Waals surface area contributed by atoms with Gasteiger partial charge in [-0.15, -0.1) is 0 Å². The highest BCUT2D eigenvalue weighted by Crippen LogP contribution is 2.38. The second-order valence-corrected chi connectivity index (χ2v) is 7.41. The van der Waals surface area contributed by atoms with E-state index in [0.29, 0.717) is 18.6 Å². The molecule has 3 rings (SSSR count). The van der Waals surface area contributed by atoms with E-state index in [1.54, 1.807) is 0 Å². The van der Waals surface area contributed by atoms with Crippen LogP contribution in [-0.2, 0) is 9.47 Å². The van der Waals surface area contributed by atoms with Gasteiger partial charge in [0.1, 0.15) is 0 Å². The Bertz CT molecular complexity index is 501. The molecule has 1 aromatic rings. The van der Waals surface area contributed by atoms with Crippen molar-refractivity contribution in [1.29, 1.82) is 0 Å². The third kappa shape index (κ3) is 4.46. The molecule has 4 nitrogen and oxygen atoms in total. The summed E-state index contributed by atoms with van der Waals surface area (Å²) >= 11 is 5.90. The molecule has 2 aliphatic heterocycles. The van der Waals surface area contributed by atoms with E-state index in [4.69, 9.17) is 21.1 Å². The molecule has 0 radical (unpaired) electrons. The van der Waals surface area contributed by atoms with Gasteiger partial charge in [-0.1, -0.05) is 23.7 Å². The number of hydrogen-bond acceptors (Lipinski definition) is 4. The third-order valence-electron chi connectivity index (χ3n) is 5.05. The van der Waals surface area contributed by atoms with Gasteiger partial charge in [0.05, 0.1) is 25.4 Å². The number of β-amino-alcohol motifs (C(OH)–C–C–N with tert-alkyl or cyclic N) is 1. The average molecular weight is 340 g/mol. The van der Waals surface area contributed by atoms with Crippen molar-refractivity contribution in [3.05, 3.63) is 34.9 Å². The number of aliphatic hydroxyl groups excluding tert-OH is 1. The predicted octanol–water partition coefficient (Wildman–Crippen LogP) is 2.89. The lowest BCUT2D eigenvalue weighted by atomic mass is 9.87. The Hall–Kier alpha value is -0.650. The molecule has 1 spiro atoms. The van der Waals surface area contributed by atoms with Crippen molar-refractivity contribution in [1.82, 2.24) is 4.90 Å². The maximum absolute atomic E-state index is 10.3. The minimum Gasteiger partial charge on any atom is -0.389 e. The number of aliphatic hydroxyl groups is 1. The van der Waals surface area contributed by atoms with E-state index < -0.39 is 6.10 Å². The number of nitrogens with zero attached hydrogens (tertiary/aromatic N) is 1. The minimum atomic E-state index is -0.456. The summed E-state index contributed by atoms with van der Waals surface area (Å²) in [6.45, 7) is 6.88. The lowest BCUT2D eigenvalue weighted by Crippen LogP contribution is -2.35. The highest BCUT2D eigenvalue weighted by molar-refractivity contribution is 6.30. The summed E-state index contributed by atoms with van der Waals surface area (Å²) in [5.74, 6) is 0. The largest absolute Gasteiger partial charge is 0.389 e. The zero-order valence-corrected chi connectivity index (χ0v) is 14.5. The normalized spacial score (nSPS) is 27.6. The highest BCUT2D eigenvalue weighted by Gasteiger charge is 2.41. The molecular formula is C18H26ClNO3.